The predicted molar refractivity (Wildman–Crippen MR) is 117 cm³/mol. The van der Waals surface area contributed by atoms with Gasteiger partial charge in [0.2, 0.25) is 0 Å². The lowest BCUT2D eigenvalue weighted by Gasteiger charge is -2.50. The highest BCUT2D eigenvalue weighted by Crippen LogP contribution is 2.56. The molecule has 1 aromatic carbocycles. The van der Waals surface area contributed by atoms with Crippen molar-refractivity contribution in [2.24, 2.45) is 5.92 Å². The molecule has 4 atom stereocenters. The Labute approximate surface area is 176 Å². The number of aliphatic hydroxyl groups is 2. The van der Waals surface area contributed by atoms with E-state index in [0.717, 1.165) is 36.1 Å². The Balaban J connectivity index is 1.95. The third-order valence-electron chi connectivity index (χ3n) is 7.49. The molecule has 4 nitrogen and oxygen atoms in total. The zero-order chi connectivity index (χ0) is 21.2. The topological polar surface area (TPSA) is 69.9 Å². The van der Waals surface area contributed by atoms with Crippen LogP contribution in [0.2, 0.25) is 0 Å². The van der Waals surface area contributed by atoms with Crippen molar-refractivity contribution in [3.63, 3.8) is 0 Å². The molecule has 0 radical (unpaired) electrons. The fourth-order valence-electron chi connectivity index (χ4n) is 5.58. The second-order valence-electron chi connectivity index (χ2n) is 10.2. The van der Waals surface area contributed by atoms with Gasteiger partial charge in [0.05, 0.1) is 6.10 Å². The second kappa shape index (κ2) is 8.85. The molecule has 0 spiro atoms. The molecule has 1 aromatic rings. The monoisotopic (exact) mass is 404 g/mol. The molecule has 0 aromatic heterocycles. The van der Waals surface area contributed by atoms with E-state index in [-0.39, 0.29) is 30.0 Å². The molecule has 1 aliphatic heterocycles. The summed E-state index contributed by atoms with van der Waals surface area (Å²) in [6.07, 6.45) is 8.47. The van der Waals surface area contributed by atoms with Crippen LogP contribution in [0.3, 0.4) is 0 Å². The Morgan fingerprint density at radius 1 is 1.17 bits per heavy atom. The van der Waals surface area contributed by atoms with Crippen molar-refractivity contribution in [2.75, 3.05) is 6.61 Å². The highest BCUT2D eigenvalue weighted by atomic mass is 16.5. The Kier molecular flexibility index (Phi) is 6.84. The number of hydrogen-bond donors (Lipinski definition) is 3. The van der Waals surface area contributed by atoms with Gasteiger partial charge in [0.15, 0.2) is 0 Å². The van der Waals surface area contributed by atoms with Crippen LogP contribution >= 0.6 is 0 Å². The number of phenolic OH excluding ortho intramolecular Hbond substituents is 1. The minimum Gasteiger partial charge on any atom is -0.508 e. The van der Waals surface area contributed by atoms with Crippen molar-refractivity contribution < 1.29 is 20.1 Å². The third kappa shape index (κ3) is 4.59. The Hall–Kier alpha value is -1.26. The second-order valence-corrected chi connectivity index (χ2v) is 10.2. The molecule has 0 amide bonds. The number of unbranched alkanes of at least 4 members (excludes halogenated alkanes) is 3. The number of aromatic hydroxyl groups is 1. The van der Waals surface area contributed by atoms with E-state index in [9.17, 15) is 15.3 Å². The maximum absolute atomic E-state index is 11.0. The fourth-order valence-corrected chi connectivity index (χ4v) is 5.58. The van der Waals surface area contributed by atoms with Crippen LogP contribution in [-0.2, 0) is 5.41 Å². The maximum atomic E-state index is 11.0. The van der Waals surface area contributed by atoms with Crippen molar-refractivity contribution in [1.29, 1.82) is 0 Å². The summed E-state index contributed by atoms with van der Waals surface area (Å²) in [5.41, 5.74) is 1.45. The van der Waals surface area contributed by atoms with Crippen LogP contribution < -0.4 is 4.74 Å². The molecular formula is C25H40O4. The zero-order valence-electron chi connectivity index (χ0n) is 18.7. The number of benzene rings is 1. The summed E-state index contributed by atoms with van der Waals surface area (Å²) in [5.74, 6) is 1.31. The molecule has 0 bridgehead atoms. The van der Waals surface area contributed by atoms with Gasteiger partial charge < -0.3 is 20.1 Å². The zero-order valence-corrected chi connectivity index (χ0v) is 18.7. The van der Waals surface area contributed by atoms with Crippen LogP contribution in [-0.4, -0.2) is 33.6 Å². The van der Waals surface area contributed by atoms with Gasteiger partial charge in [-0.15, -0.1) is 0 Å². The number of phenols is 1. The van der Waals surface area contributed by atoms with E-state index >= 15 is 0 Å². The first kappa shape index (κ1) is 22.4. The van der Waals surface area contributed by atoms with Crippen LogP contribution in [0.1, 0.15) is 103 Å². The molecule has 4 heteroatoms. The van der Waals surface area contributed by atoms with Gasteiger partial charge in [-0.1, -0.05) is 46.5 Å². The largest absolute Gasteiger partial charge is 0.508 e. The number of aliphatic hydroxyl groups excluding tert-OH is 2. The smallest absolute Gasteiger partial charge is 0.127 e. The Bertz CT molecular complexity index is 698. The highest BCUT2D eigenvalue weighted by Gasteiger charge is 2.49. The molecule has 2 aliphatic rings. The average molecular weight is 405 g/mol. The van der Waals surface area contributed by atoms with E-state index in [1.807, 2.05) is 6.07 Å². The third-order valence-corrected chi connectivity index (χ3v) is 7.49. The summed E-state index contributed by atoms with van der Waals surface area (Å²) in [6, 6.07) is 4.04. The summed E-state index contributed by atoms with van der Waals surface area (Å²) in [4.78, 5) is 0. The first-order valence-corrected chi connectivity index (χ1v) is 11.6. The maximum Gasteiger partial charge on any atom is 0.127 e. The SMILES string of the molecule is CCCCCCC(C)(C)c1cc(O)c2c(c1)O[C@@](C)(CCO)[C@@H]1CC[C@@H](O)C[C@@H]21. The van der Waals surface area contributed by atoms with E-state index < -0.39 is 5.60 Å². The van der Waals surface area contributed by atoms with E-state index in [1.54, 1.807) is 0 Å². The van der Waals surface area contributed by atoms with Gasteiger partial charge in [0.25, 0.3) is 0 Å². The van der Waals surface area contributed by atoms with Gasteiger partial charge in [0.1, 0.15) is 17.1 Å². The molecule has 1 heterocycles. The minimum absolute atomic E-state index is 0.0417. The van der Waals surface area contributed by atoms with Gasteiger partial charge in [-0.25, -0.2) is 0 Å². The van der Waals surface area contributed by atoms with Crippen molar-refractivity contribution in [1.82, 2.24) is 0 Å². The Morgan fingerprint density at radius 3 is 2.62 bits per heavy atom. The first-order valence-electron chi connectivity index (χ1n) is 11.6. The van der Waals surface area contributed by atoms with E-state index in [1.165, 1.54) is 25.7 Å². The standard InChI is InChI=1S/C25H40O4/c1-5-6-7-8-11-24(2,3)17-14-21(28)23-19-16-18(27)9-10-20(19)25(4,12-13-26)29-22(23)15-17/h14-15,18-20,26-28H,5-13,16H2,1-4H3/t18-,19-,20-,25+/m1/s1. The number of rotatable bonds is 8. The predicted octanol–water partition coefficient (Wildman–Crippen LogP) is 5.42. The van der Waals surface area contributed by atoms with Gasteiger partial charge >= 0.3 is 0 Å². The van der Waals surface area contributed by atoms with Gasteiger partial charge in [-0.3, -0.25) is 0 Å². The van der Waals surface area contributed by atoms with Gasteiger partial charge in [0, 0.05) is 30.4 Å². The number of fused-ring (bicyclic) bond motifs is 3. The summed E-state index contributed by atoms with van der Waals surface area (Å²) in [5, 5.41) is 31.0. The van der Waals surface area contributed by atoms with E-state index in [0.29, 0.717) is 18.6 Å². The molecule has 3 rings (SSSR count). The van der Waals surface area contributed by atoms with Crippen molar-refractivity contribution in [2.45, 2.75) is 109 Å². The fraction of sp³-hybridized carbons (Fsp3) is 0.760. The summed E-state index contributed by atoms with van der Waals surface area (Å²) < 4.78 is 6.52. The molecule has 0 unspecified atom stereocenters. The minimum atomic E-state index is -0.469. The van der Waals surface area contributed by atoms with Crippen LogP contribution in [0.5, 0.6) is 11.5 Å². The summed E-state index contributed by atoms with van der Waals surface area (Å²) >= 11 is 0. The molecule has 164 valence electrons. The molecule has 1 fully saturated rings. The highest BCUT2D eigenvalue weighted by molar-refractivity contribution is 5.53. The van der Waals surface area contributed by atoms with Gasteiger partial charge in [-0.05, 0) is 55.7 Å². The van der Waals surface area contributed by atoms with Crippen molar-refractivity contribution >= 4 is 0 Å². The van der Waals surface area contributed by atoms with Gasteiger partial charge in [-0.2, -0.15) is 0 Å². The van der Waals surface area contributed by atoms with Crippen molar-refractivity contribution in [3.8, 4) is 11.5 Å². The summed E-state index contributed by atoms with van der Waals surface area (Å²) in [7, 11) is 0. The van der Waals surface area contributed by atoms with E-state index in [2.05, 4.69) is 33.8 Å². The molecule has 1 aliphatic carbocycles. The molecule has 3 N–H and O–H groups in total. The summed E-state index contributed by atoms with van der Waals surface area (Å²) in [6.45, 7) is 8.86. The lowest BCUT2D eigenvalue weighted by atomic mass is 9.64. The number of ether oxygens (including phenoxy) is 1. The lowest BCUT2D eigenvalue weighted by Crippen LogP contribution is -2.50. The van der Waals surface area contributed by atoms with Crippen LogP contribution in [0.15, 0.2) is 12.1 Å². The molecule has 29 heavy (non-hydrogen) atoms. The Morgan fingerprint density at radius 2 is 1.93 bits per heavy atom. The van der Waals surface area contributed by atoms with Crippen LogP contribution in [0.25, 0.3) is 0 Å². The normalized spacial score (nSPS) is 29.1. The molecule has 0 saturated heterocycles. The number of hydrogen-bond acceptors (Lipinski definition) is 4. The lowest BCUT2D eigenvalue weighted by molar-refractivity contribution is -0.0561. The quantitative estimate of drug-likeness (QED) is 0.506. The van der Waals surface area contributed by atoms with E-state index in [4.69, 9.17) is 4.74 Å². The van der Waals surface area contributed by atoms with Crippen LogP contribution in [0.4, 0.5) is 0 Å². The van der Waals surface area contributed by atoms with Crippen LogP contribution in [0, 0.1) is 5.92 Å². The molecular weight excluding hydrogens is 364 g/mol. The van der Waals surface area contributed by atoms with Crippen molar-refractivity contribution in [3.05, 3.63) is 23.3 Å². The first-order chi connectivity index (χ1) is 13.7. The molecule has 1 saturated carbocycles. The average Bonchev–Trinajstić information content (AvgIpc) is 2.64.